The monoisotopic (exact) mass is 983 g/mol. The van der Waals surface area contributed by atoms with Gasteiger partial charge in [-0.3, -0.25) is 0 Å². The fourth-order valence-electron chi connectivity index (χ4n) is 10.6. The number of nitrogens with zero attached hydrogens (tertiary/aromatic N) is 6. The van der Waals surface area contributed by atoms with E-state index in [0.717, 1.165) is 50.8 Å². The minimum atomic E-state index is 0.134. The van der Waals surface area contributed by atoms with Gasteiger partial charge in [-0.2, -0.15) is 0 Å². The van der Waals surface area contributed by atoms with Crippen LogP contribution >= 0.6 is 0 Å². The molecule has 1 aliphatic carbocycles. The zero-order valence-corrected chi connectivity index (χ0v) is 45.9. The van der Waals surface area contributed by atoms with Crippen LogP contribution in [0.15, 0.2) is 194 Å². The van der Waals surface area contributed by atoms with Gasteiger partial charge in [0.25, 0.3) is 0 Å². The van der Waals surface area contributed by atoms with Crippen molar-refractivity contribution in [3.63, 3.8) is 0 Å². The van der Waals surface area contributed by atoms with Gasteiger partial charge in [-0.1, -0.05) is 132 Å². The molecule has 0 bridgehead atoms. The molecule has 6 nitrogen and oxygen atoms in total. The highest BCUT2D eigenvalue weighted by Gasteiger charge is 2.27. The molecule has 1 heterocycles. The molecule has 0 radical (unpaired) electrons. The summed E-state index contributed by atoms with van der Waals surface area (Å²) in [5.74, 6) is 1.97. The van der Waals surface area contributed by atoms with Gasteiger partial charge in [-0.15, -0.1) is 0 Å². The molecule has 2 atom stereocenters. The molecule has 75 heavy (non-hydrogen) atoms. The molecule has 1 aromatic heterocycles. The van der Waals surface area contributed by atoms with E-state index in [9.17, 15) is 0 Å². The molecule has 0 fully saturated rings. The van der Waals surface area contributed by atoms with Gasteiger partial charge < -0.3 is 14.7 Å². The Balaban J connectivity index is 1.16. The van der Waals surface area contributed by atoms with E-state index in [1.165, 1.54) is 66.9 Å². The van der Waals surface area contributed by atoms with Gasteiger partial charge in [-0.25, -0.2) is 15.0 Å². The highest BCUT2D eigenvalue weighted by atomic mass is 15.2. The Labute approximate surface area is 446 Å². The quantitative estimate of drug-likeness (QED) is 0.101. The lowest BCUT2D eigenvalue weighted by Crippen LogP contribution is -2.36. The maximum atomic E-state index is 5.26. The number of aromatic nitrogens is 3. The zero-order valence-electron chi connectivity index (χ0n) is 45.9. The highest BCUT2D eigenvalue weighted by Crippen LogP contribution is 2.41. The van der Waals surface area contributed by atoms with Crippen molar-refractivity contribution >= 4 is 45.4 Å². The average molecular weight is 983 g/mol. The Morgan fingerprint density at radius 3 is 1.31 bits per heavy atom. The van der Waals surface area contributed by atoms with Crippen LogP contribution < -0.4 is 14.7 Å². The third-order valence-electron chi connectivity index (χ3n) is 14.4. The van der Waals surface area contributed by atoms with Gasteiger partial charge in [0.05, 0.1) is 6.04 Å². The molecule has 0 aliphatic heterocycles. The molecule has 8 aromatic rings. The Morgan fingerprint density at radius 2 is 0.893 bits per heavy atom. The molecule has 376 valence electrons. The summed E-state index contributed by atoms with van der Waals surface area (Å²) in [7, 11) is 0. The molecule has 0 N–H and O–H groups in total. The second-order valence-corrected chi connectivity index (χ2v) is 20.7. The number of hydrogen-bond donors (Lipinski definition) is 0. The van der Waals surface area contributed by atoms with Gasteiger partial charge >= 0.3 is 0 Å². The van der Waals surface area contributed by atoms with E-state index in [1.54, 1.807) is 0 Å². The standard InChI is InChI=1S/C69H70N6/c1-14-56(16-15-37-73(61-31-17-44(2)38-50(61)8)62-32-18-45(3)39-51(62)9)67-70-68(57-23-27-59(28-24-57)74(63-33-19-46(4)40-52(63)10)64-34-20-47(5)41-53(64)11)72-69(71-67)58-25-29-60(30-26-58)75(65-35-21-48(6)42-54(65)12)66-36-22-49(7)43-55(66)13/h14-43,52,63H,1H2,2-13H3/b37-15+,56-16+. The van der Waals surface area contributed by atoms with Crippen molar-refractivity contribution in [2.75, 3.05) is 14.7 Å². The van der Waals surface area contributed by atoms with Crippen molar-refractivity contribution in [3.05, 3.63) is 256 Å². The third kappa shape index (κ3) is 11.3. The van der Waals surface area contributed by atoms with Gasteiger partial charge in [0.2, 0.25) is 0 Å². The summed E-state index contributed by atoms with van der Waals surface area (Å²) in [4.78, 5) is 22.8. The van der Waals surface area contributed by atoms with Crippen molar-refractivity contribution < 1.29 is 0 Å². The number of anilines is 7. The van der Waals surface area contributed by atoms with Crippen LogP contribution in [0, 0.1) is 75.2 Å². The molecule has 9 rings (SSSR count). The van der Waals surface area contributed by atoms with Gasteiger partial charge in [0, 0.05) is 62.7 Å². The van der Waals surface area contributed by atoms with Crippen LogP contribution in [-0.4, -0.2) is 21.0 Å². The first-order valence-corrected chi connectivity index (χ1v) is 26.1. The molecule has 0 spiro atoms. The van der Waals surface area contributed by atoms with E-state index in [1.807, 2.05) is 12.2 Å². The minimum Gasteiger partial charge on any atom is -0.334 e. The molecule has 0 saturated heterocycles. The predicted octanol–water partition coefficient (Wildman–Crippen LogP) is 18.3. The fourth-order valence-corrected chi connectivity index (χ4v) is 10.6. The molecule has 0 amide bonds. The van der Waals surface area contributed by atoms with Crippen molar-refractivity contribution in [1.82, 2.24) is 15.0 Å². The van der Waals surface area contributed by atoms with Gasteiger partial charge in [-0.05, 0) is 201 Å². The lowest BCUT2D eigenvalue weighted by Gasteiger charge is -2.37. The van der Waals surface area contributed by atoms with Crippen LogP contribution in [-0.2, 0) is 0 Å². The molecule has 7 aromatic carbocycles. The van der Waals surface area contributed by atoms with Crippen LogP contribution in [0.5, 0.6) is 0 Å². The van der Waals surface area contributed by atoms with Crippen molar-refractivity contribution in [2.45, 2.75) is 89.1 Å². The number of benzene rings is 7. The van der Waals surface area contributed by atoms with Crippen molar-refractivity contribution in [3.8, 4) is 22.8 Å². The summed E-state index contributed by atoms with van der Waals surface area (Å²) >= 11 is 0. The minimum absolute atomic E-state index is 0.134. The smallest absolute Gasteiger partial charge is 0.164 e. The first kappa shape index (κ1) is 51.5. The topological polar surface area (TPSA) is 48.4 Å². The Hall–Kier alpha value is -8.35. The maximum Gasteiger partial charge on any atom is 0.164 e. The van der Waals surface area contributed by atoms with Crippen LogP contribution in [0.4, 0.5) is 39.8 Å². The van der Waals surface area contributed by atoms with Crippen LogP contribution in [0.2, 0.25) is 0 Å². The first-order valence-electron chi connectivity index (χ1n) is 26.1. The van der Waals surface area contributed by atoms with Crippen LogP contribution in [0.1, 0.15) is 75.3 Å². The van der Waals surface area contributed by atoms with Crippen LogP contribution in [0.3, 0.4) is 0 Å². The summed E-state index contributed by atoms with van der Waals surface area (Å²) in [6, 6.07) is 50.7. The summed E-state index contributed by atoms with van der Waals surface area (Å²) < 4.78 is 0. The molecular weight excluding hydrogens is 913 g/mol. The second-order valence-electron chi connectivity index (χ2n) is 20.7. The summed E-state index contributed by atoms with van der Waals surface area (Å²) in [6.07, 6.45) is 15.0. The normalized spacial score (nSPS) is 14.5. The Bertz CT molecular complexity index is 3450. The Morgan fingerprint density at radius 1 is 0.480 bits per heavy atom. The fraction of sp³-hybridized carbons (Fsp3) is 0.203. The van der Waals surface area contributed by atoms with E-state index >= 15 is 0 Å². The molecule has 0 saturated carbocycles. The molecule has 6 heteroatoms. The second kappa shape index (κ2) is 22.0. The van der Waals surface area contributed by atoms with E-state index < -0.39 is 0 Å². The lowest BCUT2D eigenvalue weighted by atomic mass is 9.91. The number of aryl methyl sites for hydroxylation is 10. The van der Waals surface area contributed by atoms with Gasteiger partial charge in [0.1, 0.15) is 0 Å². The number of hydrogen-bond acceptors (Lipinski definition) is 6. The maximum absolute atomic E-state index is 5.26. The molecule has 1 aliphatic rings. The number of rotatable bonds is 14. The summed E-state index contributed by atoms with van der Waals surface area (Å²) in [5, 5.41) is 0. The van der Waals surface area contributed by atoms with Crippen LogP contribution in [0.25, 0.3) is 28.3 Å². The van der Waals surface area contributed by atoms with Gasteiger partial charge in [0.15, 0.2) is 17.5 Å². The summed E-state index contributed by atoms with van der Waals surface area (Å²) in [5.41, 5.74) is 23.8. The highest BCUT2D eigenvalue weighted by molar-refractivity contribution is 5.82. The van der Waals surface area contributed by atoms with Crippen molar-refractivity contribution in [1.29, 1.82) is 0 Å². The predicted molar refractivity (Wildman–Crippen MR) is 320 cm³/mol. The SMILES string of the molecule is C=C/C(=C\C=C\N(c1ccc(C)cc1C)c1ccc(C)cc1C)c1nc(-c2ccc(N(c3ccc(C)cc3C)c3ccc(C)cc3C)cc2)nc(-c2ccc(N(c3ccc(C)cc3C)C3C=CC(C)=CC3C)cc2)n1. The average Bonchev–Trinajstić information content (AvgIpc) is 3.37. The first-order chi connectivity index (χ1) is 36.0. The zero-order chi connectivity index (χ0) is 53.1. The van der Waals surface area contributed by atoms with E-state index in [0.29, 0.717) is 23.4 Å². The largest absolute Gasteiger partial charge is 0.334 e. The summed E-state index contributed by atoms with van der Waals surface area (Å²) in [6.45, 7) is 30.4. The Kier molecular flexibility index (Phi) is 15.1. The lowest BCUT2D eigenvalue weighted by molar-refractivity contribution is 0.604. The molecule has 2 unspecified atom stereocenters. The van der Waals surface area contributed by atoms with E-state index in [2.05, 4.69) is 274 Å². The van der Waals surface area contributed by atoms with Crippen molar-refractivity contribution in [2.24, 2.45) is 5.92 Å². The van der Waals surface area contributed by atoms with E-state index in [4.69, 9.17) is 15.0 Å². The molecular formula is C69H70N6. The third-order valence-corrected chi connectivity index (χ3v) is 14.4. The number of allylic oxidation sites excluding steroid dienone is 6. The van der Waals surface area contributed by atoms with E-state index in [-0.39, 0.29) is 6.04 Å².